The zero-order chi connectivity index (χ0) is 24.0. The van der Waals surface area contributed by atoms with E-state index in [1.54, 1.807) is 12.1 Å². The number of nitrogens with one attached hydrogen (secondary N) is 3. The minimum Gasteiger partial charge on any atom is -0.358 e. The number of piperazine rings is 1. The van der Waals surface area contributed by atoms with Crippen LogP contribution in [0.15, 0.2) is 48.5 Å². The van der Waals surface area contributed by atoms with Gasteiger partial charge >= 0.3 is 0 Å². The van der Waals surface area contributed by atoms with E-state index in [-0.39, 0.29) is 29.7 Å². The van der Waals surface area contributed by atoms with Gasteiger partial charge in [0.25, 0.3) is 11.8 Å². The fourth-order valence-corrected chi connectivity index (χ4v) is 4.99. The quantitative estimate of drug-likeness (QED) is 0.508. The summed E-state index contributed by atoms with van der Waals surface area (Å²) >= 11 is 0. The first-order chi connectivity index (χ1) is 16.3. The summed E-state index contributed by atoms with van der Waals surface area (Å²) in [5.74, 6) is -0.660. The third-order valence-corrected chi connectivity index (χ3v) is 6.31. The van der Waals surface area contributed by atoms with Gasteiger partial charge in [0, 0.05) is 42.1 Å². The molecule has 2 aliphatic rings. The van der Waals surface area contributed by atoms with Gasteiger partial charge < -0.3 is 20.5 Å². The molecule has 7 heteroatoms. The van der Waals surface area contributed by atoms with Crippen LogP contribution in [0.4, 0.5) is 10.1 Å². The van der Waals surface area contributed by atoms with Crippen LogP contribution in [-0.2, 0) is 4.79 Å². The number of amides is 2. The SMILES string of the molecule is Cc1cc(C(=O)N2C[C@H](C)N[C@@H](C)C2)c(C=C2C(=O)Nc3cccc(-c4cccc(F)c4)c32)[nH]1. The van der Waals surface area contributed by atoms with E-state index >= 15 is 0 Å². The van der Waals surface area contributed by atoms with E-state index in [2.05, 4.69) is 29.5 Å². The average Bonchev–Trinajstić information content (AvgIpc) is 3.31. The van der Waals surface area contributed by atoms with Crippen molar-refractivity contribution in [3.05, 3.63) is 76.9 Å². The molecule has 3 heterocycles. The normalized spacial score (nSPS) is 21.0. The lowest BCUT2D eigenvalue weighted by Gasteiger charge is -2.36. The van der Waals surface area contributed by atoms with Crippen LogP contribution >= 0.6 is 0 Å². The van der Waals surface area contributed by atoms with Crippen LogP contribution in [0.25, 0.3) is 22.8 Å². The standard InChI is InChI=1S/C27H27FN4O2/c1-15-10-21(27(34)32-13-16(2)29-17(3)14-32)24(30-15)12-22-25-20(18-6-4-7-19(28)11-18)8-5-9-23(25)31-26(22)33/h4-12,16-17,29-30H,13-14H2,1-3H3,(H,31,33)/t16-,17-/m0/s1. The lowest BCUT2D eigenvalue weighted by Crippen LogP contribution is -2.55. The average molecular weight is 459 g/mol. The van der Waals surface area contributed by atoms with Gasteiger partial charge in [0.2, 0.25) is 0 Å². The van der Waals surface area contributed by atoms with Crippen molar-refractivity contribution in [3.63, 3.8) is 0 Å². The molecule has 34 heavy (non-hydrogen) atoms. The van der Waals surface area contributed by atoms with Gasteiger partial charge in [-0.3, -0.25) is 9.59 Å². The van der Waals surface area contributed by atoms with Crippen LogP contribution in [0.3, 0.4) is 0 Å². The van der Waals surface area contributed by atoms with E-state index in [0.717, 1.165) is 11.3 Å². The van der Waals surface area contributed by atoms with Crippen LogP contribution in [0.5, 0.6) is 0 Å². The van der Waals surface area contributed by atoms with Crippen molar-refractivity contribution in [2.45, 2.75) is 32.9 Å². The van der Waals surface area contributed by atoms with Crippen LogP contribution in [0, 0.1) is 12.7 Å². The molecule has 174 valence electrons. The summed E-state index contributed by atoms with van der Waals surface area (Å²) in [6.07, 6.45) is 1.74. The van der Waals surface area contributed by atoms with E-state index in [0.29, 0.717) is 46.7 Å². The number of benzene rings is 2. The Labute approximate surface area is 197 Å². The molecule has 2 atom stereocenters. The number of H-pyrrole nitrogens is 1. The Morgan fingerprint density at radius 3 is 2.56 bits per heavy atom. The predicted molar refractivity (Wildman–Crippen MR) is 132 cm³/mol. The fraction of sp³-hybridized carbons (Fsp3) is 0.259. The van der Waals surface area contributed by atoms with Crippen molar-refractivity contribution in [1.29, 1.82) is 0 Å². The van der Waals surface area contributed by atoms with E-state index in [1.165, 1.54) is 12.1 Å². The number of nitrogens with zero attached hydrogens (tertiary/aromatic N) is 1. The second kappa shape index (κ2) is 8.57. The van der Waals surface area contributed by atoms with Gasteiger partial charge in [-0.05, 0) is 62.2 Å². The molecular weight excluding hydrogens is 431 g/mol. The second-order valence-electron chi connectivity index (χ2n) is 9.21. The summed E-state index contributed by atoms with van der Waals surface area (Å²) in [4.78, 5) is 31.6. The molecule has 1 saturated heterocycles. The summed E-state index contributed by atoms with van der Waals surface area (Å²) < 4.78 is 14.0. The van der Waals surface area contributed by atoms with Crippen LogP contribution in [0.2, 0.25) is 0 Å². The Morgan fingerprint density at radius 2 is 1.82 bits per heavy atom. The van der Waals surface area contributed by atoms with E-state index in [4.69, 9.17) is 0 Å². The molecule has 1 aromatic heterocycles. The monoisotopic (exact) mass is 458 g/mol. The Hall–Kier alpha value is -3.71. The Bertz CT molecular complexity index is 1320. The lowest BCUT2D eigenvalue weighted by atomic mass is 9.94. The predicted octanol–water partition coefficient (Wildman–Crippen LogP) is 4.44. The number of aromatic nitrogens is 1. The highest BCUT2D eigenvalue weighted by Gasteiger charge is 2.30. The number of anilines is 1. The molecule has 0 saturated carbocycles. The molecular formula is C27H27FN4O2. The van der Waals surface area contributed by atoms with Gasteiger partial charge in [0.05, 0.1) is 16.8 Å². The highest BCUT2D eigenvalue weighted by Crippen LogP contribution is 2.40. The maximum atomic E-state index is 14.0. The van der Waals surface area contributed by atoms with Crippen molar-refractivity contribution in [2.75, 3.05) is 18.4 Å². The summed E-state index contributed by atoms with van der Waals surface area (Å²) in [6, 6.07) is 14.1. The number of aryl methyl sites for hydroxylation is 1. The first-order valence-electron chi connectivity index (χ1n) is 11.5. The number of fused-ring (bicyclic) bond motifs is 1. The zero-order valence-corrected chi connectivity index (χ0v) is 19.4. The van der Waals surface area contributed by atoms with Crippen molar-refractivity contribution < 1.29 is 14.0 Å². The molecule has 2 amide bonds. The topological polar surface area (TPSA) is 77.2 Å². The maximum absolute atomic E-state index is 14.0. The highest BCUT2D eigenvalue weighted by atomic mass is 19.1. The second-order valence-corrected chi connectivity index (χ2v) is 9.21. The van der Waals surface area contributed by atoms with Crippen molar-refractivity contribution in [3.8, 4) is 11.1 Å². The van der Waals surface area contributed by atoms with Crippen molar-refractivity contribution >= 4 is 29.2 Å². The fourth-order valence-electron chi connectivity index (χ4n) is 4.99. The van der Waals surface area contributed by atoms with Crippen LogP contribution in [-0.4, -0.2) is 46.9 Å². The lowest BCUT2D eigenvalue weighted by molar-refractivity contribution is -0.110. The van der Waals surface area contributed by atoms with Gasteiger partial charge in [0.15, 0.2) is 0 Å². The molecule has 5 rings (SSSR count). The van der Waals surface area contributed by atoms with E-state index in [9.17, 15) is 14.0 Å². The molecule has 1 fully saturated rings. The summed E-state index contributed by atoms with van der Waals surface area (Å²) in [5, 5.41) is 6.35. The summed E-state index contributed by atoms with van der Waals surface area (Å²) in [6.45, 7) is 7.26. The van der Waals surface area contributed by atoms with E-state index in [1.807, 2.05) is 42.2 Å². The summed E-state index contributed by atoms with van der Waals surface area (Å²) in [7, 11) is 0. The van der Waals surface area contributed by atoms with Crippen LogP contribution in [0.1, 0.15) is 41.2 Å². The molecule has 2 aliphatic heterocycles. The molecule has 0 unspecified atom stereocenters. The number of hydrogen-bond acceptors (Lipinski definition) is 3. The molecule has 0 bridgehead atoms. The first kappa shape index (κ1) is 22.1. The van der Waals surface area contributed by atoms with Crippen molar-refractivity contribution in [2.24, 2.45) is 0 Å². The maximum Gasteiger partial charge on any atom is 0.256 e. The molecule has 0 radical (unpaired) electrons. The number of carbonyl (C=O) groups excluding carboxylic acids is 2. The number of halogens is 1. The van der Waals surface area contributed by atoms with Gasteiger partial charge in [-0.1, -0.05) is 24.3 Å². The molecule has 0 aliphatic carbocycles. The summed E-state index contributed by atoms with van der Waals surface area (Å²) in [5.41, 5.74) is 5.21. The first-order valence-corrected chi connectivity index (χ1v) is 11.5. The number of rotatable bonds is 3. The van der Waals surface area contributed by atoms with Crippen LogP contribution < -0.4 is 10.6 Å². The number of carbonyl (C=O) groups is 2. The molecule has 2 aromatic carbocycles. The van der Waals surface area contributed by atoms with Gasteiger partial charge in [-0.15, -0.1) is 0 Å². The molecule has 6 nitrogen and oxygen atoms in total. The van der Waals surface area contributed by atoms with Crippen molar-refractivity contribution in [1.82, 2.24) is 15.2 Å². The van der Waals surface area contributed by atoms with Gasteiger partial charge in [0.1, 0.15) is 5.82 Å². The van der Waals surface area contributed by atoms with Gasteiger partial charge in [-0.25, -0.2) is 4.39 Å². The minimum atomic E-state index is -0.342. The highest BCUT2D eigenvalue weighted by molar-refractivity contribution is 6.36. The molecule has 3 aromatic rings. The molecule has 0 spiro atoms. The third kappa shape index (κ3) is 4.03. The molecule has 3 N–H and O–H groups in total. The smallest absolute Gasteiger partial charge is 0.256 e. The largest absolute Gasteiger partial charge is 0.358 e. The van der Waals surface area contributed by atoms with E-state index < -0.39 is 0 Å². The number of hydrogen-bond donors (Lipinski definition) is 3. The Kier molecular flexibility index (Phi) is 5.57. The van der Waals surface area contributed by atoms with Gasteiger partial charge in [-0.2, -0.15) is 0 Å². The third-order valence-electron chi connectivity index (χ3n) is 6.31. The zero-order valence-electron chi connectivity index (χ0n) is 19.4. The minimum absolute atomic E-state index is 0.0616. The Morgan fingerprint density at radius 1 is 1.09 bits per heavy atom. The Balaban J connectivity index is 1.58. The number of aromatic amines is 1.